The van der Waals surface area contributed by atoms with Gasteiger partial charge in [0, 0.05) is 11.6 Å². The number of aromatic nitrogens is 1. The first-order valence-electron chi connectivity index (χ1n) is 7.27. The Labute approximate surface area is 152 Å². The Morgan fingerprint density at radius 2 is 2.08 bits per heavy atom. The van der Waals surface area contributed by atoms with E-state index in [2.05, 4.69) is 10.3 Å². The lowest BCUT2D eigenvalue weighted by molar-refractivity contribution is 0.0919. The van der Waals surface area contributed by atoms with Gasteiger partial charge in [0.1, 0.15) is 9.88 Å². The molecule has 1 aromatic carbocycles. The number of benzene rings is 1. The van der Waals surface area contributed by atoms with Crippen molar-refractivity contribution in [3.05, 3.63) is 62.9 Å². The molecule has 0 bridgehead atoms. The van der Waals surface area contributed by atoms with E-state index in [-0.39, 0.29) is 12.5 Å². The molecule has 1 atom stereocenters. The van der Waals surface area contributed by atoms with Crippen LogP contribution in [0, 0.1) is 6.92 Å². The lowest BCUT2D eigenvalue weighted by Crippen LogP contribution is -2.28. The van der Waals surface area contributed by atoms with Crippen molar-refractivity contribution in [2.24, 2.45) is 0 Å². The Balaban J connectivity index is 1.66. The number of hydrogen-bond donors (Lipinski definition) is 2. The molecule has 0 aliphatic carbocycles. The number of halogens is 1. The molecule has 0 fully saturated rings. The maximum absolute atomic E-state index is 12.4. The molecule has 0 unspecified atom stereocenters. The molecule has 3 rings (SSSR count). The Morgan fingerprint density at radius 1 is 1.33 bits per heavy atom. The Morgan fingerprint density at radius 3 is 2.75 bits per heavy atom. The molecule has 2 heterocycles. The largest absolute Gasteiger partial charge is 0.387 e. The highest BCUT2D eigenvalue weighted by atomic mass is 35.5. The molecule has 0 aliphatic heterocycles. The fourth-order valence-corrected chi connectivity index (χ4v) is 4.09. The number of aryl methyl sites for hydroxylation is 1. The molecule has 2 N–H and O–H groups in total. The van der Waals surface area contributed by atoms with Crippen molar-refractivity contribution < 1.29 is 9.90 Å². The van der Waals surface area contributed by atoms with Crippen LogP contribution in [-0.4, -0.2) is 22.5 Å². The average molecular weight is 379 g/mol. The van der Waals surface area contributed by atoms with Crippen LogP contribution in [0.15, 0.2) is 41.8 Å². The van der Waals surface area contributed by atoms with Gasteiger partial charge in [-0.25, -0.2) is 4.98 Å². The van der Waals surface area contributed by atoms with Gasteiger partial charge >= 0.3 is 0 Å². The van der Waals surface area contributed by atoms with Gasteiger partial charge in [-0.15, -0.1) is 22.7 Å². The summed E-state index contributed by atoms with van der Waals surface area (Å²) in [5.41, 5.74) is 1.40. The van der Waals surface area contributed by atoms with Crippen LogP contribution in [0.4, 0.5) is 0 Å². The van der Waals surface area contributed by atoms with Gasteiger partial charge in [-0.05, 0) is 36.1 Å². The number of amides is 1. The van der Waals surface area contributed by atoms with Gasteiger partial charge < -0.3 is 10.4 Å². The molecule has 124 valence electrons. The molecule has 4 nitrogen and oxygen atoms in total. The average Bonchev–Trinajstić information content (AvgIpc) is 3.22. The quantitative estimate of drug-likeness (QED) is 0.695. The number of thiophene rings is 1. The summed E-state index contributed by atoms with van der Waals surface area (Å²) in [6.45, 7) is 1.95. The molecule has 0 radical (unpaired) electrons. The van der Waals surface area contributed by atoms with E-state index in [9.17, 15) is 9.90 Å². The number of carbonyl (C=O) groups excluding carboxylic acids is 1. The van der Waals surface area contributed by atoms with Crippen LogP contribution in [0.3, 0.4) is 0 Å². The number of nitrogens with one attached hydrogen (secondary N) is 1. The fraction of sp³-hybridized carbons (Fsp3) is 0.176. The van der Waals surface area contributed by atoms with Crippen LogP contribution < -0.4 is 5.32 Å². The van der Waals surface area contributed by atoms with Crippen molar-refractivity contribution >= 4 is 40.2 Å². The molecule has 0 spiro atoms. The van der Waals surface area contributed by atoms with Gasteiger partial charge in [-0.1, -0.05) is 29.8 Å². The van der Waals surface area contributed by atoms with Crippen molar-refractivity contribution in [1.82, 2.24) is 10.3 Å². The highest BCUT2D eigenvalue weighted by Gasteiger charge is 2.18. The first-order valence-corrected chi connectivity index (χ1v) is 9.35. The minimum atomic E-state index is -0.781. The highest BCUT2D eigenvalue weighted by molar-refractivity contribution is 7.22. The van der Waals surface area contributed by atoms with Crippen LogP contribution >= 0.6 is 34.3 Å². The molecule has 0 aliphatic rings. The third-order valence-corrected chi connectivity index (χ3v) is 5.89. The highest BCUT2D eigenvalue weighted by Crippen LogP contribution is 2.31. The minimum Gasteiger partial charge on any atom is -0.387 e. The molecule has 0 saturated heterocycles. The van der Waals surface area contributed by atoms with Crippen LogP contribution in [0.25, 0.3) is 9.88 Å². The summed E-state index contributed by atoms with van der Waals surface area (Å²) in [6, 6.07) is 10.8. The normalized spacial score (nSPS) is 12.1. The molecule has 1 amide bonds. The number of aliphatic hydroxyl groups is 1. The SMILES string of the molecule is Cc1nc(-c2cccs2)sc1C(=O)NC[C@H](O)c1ccc(Cl)cc1. The molecule has 3 aromatic rings. The van der Waals surface area contributed by atoms with Crippen molar-refractivity contribution in [3.8, 4) is 9.88 Å². The predicted molar refractivity (Wildman–Crippen MR) is 98.9 cm³/mol. The predicted octanol–water partition coefficient (Wildman–Crippen LogP) is 4.30. The molecule has 24 heavy (non-hydrogen) atoms. The summed E-state index contributed by atoms with van der Waals surface area (Å²) in [5.74, 6) is -0.221. The zero-order valence-corrected chi connectivity index (χ0v) is 15.2. The van der Waals surface area contributed by atoms with E-state index >= 15 is 0 Å². The number of rotatable bonds is 5. The van der Waals surface area contributed by atoms with Crippen molar-refractivity contribution in [3.63, 3.8) is 0 Å². The third-order valence-electron chi connectivity index (χ3n) is 3.45. The summed E-state index contributed by atoms with van der Waals surface area (Å²) in [7, 11) is 0. The summed E-state index contributed by atoms with van der Waals surface area (Å²) in [5, 5.41) is 16.4. The topological polar surface area (TPSA) is 62.2 Å². The molecular weight excluding hydrogens is 364 g/mol. The van der Waals surface area contributed by atoms with Gasteiger partial charge in [-0.2, -0.15) is 0 Å². The second kappa shape index (κ2) is 7.44. The van der Waals surface area contributed by atoms with E-state index in [1.54, 1.807) is 35.6 Å². The van der Waals surface area contributed by atoms with E-state index in [0.717, 1.165) is 9.88 Å². The summed E-state index contributed by atoms with van der Waals surface area (Å²) in [6.07, 6.45) is -0.781. The Kier molecular flexibility index (Phi) is 5.30. The number of aliphatic hydroxyl groups excluding tert-OH is 1. The van der Waals surface area contributed by atoms with E-state index in [1.165, 1.54) is 11.3 Å². The van der Waals surface area contributed by atoms with Gasteiger partial charge in [0.25, 0.3) is 5.91 Å². The number of carbonyl (C=O) groups is 1. The third kappa shape index (κ3) is 3.84. The number of nitrogens with zero attached hydrogens (tertiary/aromatic N) is 1. The van der Waals surface area contributed by atoms with E-state index in [4.69, 9.17) is 11.6 Å². The van der Waals surface area contributed by atoms with Crippen molar-refractivity contribution in [1.29, 1.82) is 0 Å². The second-order valence-electron chi connectivity index (χ2n) is 5.19. The van der Waals surface area contributed by atoms with Crippen molar-refractivity contribution in [2.45, 2.75) is 13.0 Å². The zero-order chi connectivity index (χ0) is 17.1. The van der Waals surface area contributed by atoms with Crippen LogP contribution in [-0.2, 0) is 0 Å². The van der Waals surface area contributed by atoms with Gasteiger partial charge in [0.2, 0.25) is 0 Å². The summed E-state index contributed by atoms with van der Waals surface area (Å²) in [4.78, 5) is 18.4. The first kappa shape index (κ1) is 17.1. The summed E-state index contributed by atoms with van der Waals surface area (Å²) < 4.78 is 0. The second-order valence-corrected chi connectivity index (χ2v) is 7.57. The molecule has 0 saturated carbocycles. The molecule has 2 aromatic heterocycles. The van der Waals surface area contributed by atoms with Gasteiger partial charge in [0.05, 0.1) is 16.7 Å². The Bertz CT molecular complexity index is 829. The lowest BCUT2D eigenvalue weighted by atomic mass is 10.1. The lowest BCUT2D eigenvalue weighted by Gasteiger charge is -2.12. The Hall–Kier alpha value is -1.73. The van der Waals surface area contributed by atoms with Crippen LogP contribution in [0.5, 0.6) is 0 Å². The zero-order valence-electron chi connectivity index (χ0n) is 12.8. The smallest absolute Gasteiger partial charge is 0.263 e. The van der Waals surface area contributed by atoms with Gasteiger partial charge in [0.15, 0.2) is 0 Å². The fourth-order valence-electron chi connectivity index (χ4n) is 2.19. The number of hydrogen-bond acceptors (Lipinski definition) is 5. The first-order chi connectivity index (χ1) is 11.5. The minimum absolute atomic E-state index is 0.131. The van der Waals surface area contributed by atoms with Crippen LogP contribution in [0.1, 0.15) is 27.0 Å². The maximum Gasteiger partial charge on any atom is 0.263 e. The van der Waals surface area contributed by atoms with E-state index in [0.29, 0.717) is 21.2 Å². The van der Waals surface area contributed by atoms with Crippen molar-refractivity contribution in [2.75, 3.05) is 6.54 Å². The van der Waals surface area contributed by atoms with Crippen LogP contribution in [0.2, 0.25) is 5.02 Å². The standard InChI is InChI=1S/C17H15ClN2O2S2/c1-10-15(24-17(20-10)14-3-2-8-23-14)16(22)19-9-13(21)11-4-6-12(18)7-5-11/h2-8,13,21H,9H2,1H3,(H,19,22)/t13-/m0/s1. The number of thiazole rings is 1. The van der Waals surface area contributed by atoms with Gasteiger partial charge in [-0.3, -0.25) is 4.79 Å². The summed E-state index contributed by atoms with van der Waals surface area (Å²) >= 11 is 8.78. The van der Waals surface area contributed by atoms with E-state index < -0.39 is 6.10 Å². The molecule has 7 heteroatoms. The molecular formula is C17H15ClN2O2S2. The maximum atomic E-state index is 12.4. The van der Waals surface area contributed by atoms with E-state index in [1.807, 2.05) is 24.4 Å². The monoisotopic (exact) mass is 378 g/mol.